The van der Waals surface area contributed by atoms with Crippen LogP contribution >= 0.6 is 0 Å². The third-order valence-electron chi connectivity index (χ3n) is 0.293. The first-order valence-corrected chi connectivity index (χ1v) is 3.23. The van der Waals surface area contributed by atoms with Gasteiger partial charge in [-0.2, -0.15) is 0 Å². The van der Waals surface area contributed by atoms with Crippen LogP contribution in [0.4, 0.5) is 13.2 Å². The Morgan fingerprint density at radius 1 is 1.43 bits per heavy atom. The van der Waals surface area contributed by atoms with Gasteiger partial charge in [0.2, 0.25) is 0 Å². The summed E-state index contributed by atoms with van der Waals surface area (Å²) in [5.74, 6) is 0. The van der Waals surface area contributed by atoms with Gasteiger partial charge in [0, 0.05) is 0 Å². The maximum absolute atomic E-state index is 11.0. The molecule has 42 valence electrons. The van der Waals surface area contributed by atoms with Crippen molar-refractivity contribution in [2.24, 2.45) is 0 Å². The van der Waals surface area contributed by atoms with Crippen LogP contribution in [0, 0.1) is 0 Å². The van der Waals surface area contributed by atoms with Crippen LogP contribution in [0.5, 0.6) is 0 Å². The Balaban J connectivity index is 3.54. The molecule has 0 aliphatic heterocycles. The van der Waals surface area contributed by atoms with Crippen LogP contribution in [-0.4, -0.2) is 15.6 Å². The Bertz CT molecular complexity index is 58.4. The third-order valence-corrected chi connectivity index (χ3v) is 1.34. The Labute approximate surface area is 50.4 Å². The molecule has 0 radical (unpaired) electrons. The normalized spacial score (nSPS) is 16.6. The Morgan fingerprint density at radius 3 is 1.57 bits per heavy atom. The summed E-state index contributed by atoms with van der Waals surface area (Å²) < 4.78 is 30.8. The fourth-order valence-corrected chi connectivity index (χ4v) is 0. The van der Waals surface area contributed by atoms with Crippen molar-refractivity contribution in [1.82, 2.24) is 0 Å². The number of halogens is 3. The Kier molecular flexibility index (Phi) is 2.32. The van der Waals surface area contributed by atoms with Crippen molar-refractivity contribution < 1.29 is 39.3 Å². The van der Waals surface area contributed by atoms with E-state index in [1.165, 1.54) is 0 Å². The molecular weight excluding hydrogens is 278 g/mol. The number of hydrogen-bond acceptors (Lipinski definition) is 1. The number of aliphatic hydroxyl groups excluding tert-OH is 1. The van der Waals surface area contributed by atoms with Crippen LogP contribution in [0.25, 0.3) is 0 Å². The molecule has 0 saturated heterocycles. The molecule has 0 aromatic rings. The van der Waals surface area contributed by atoms with E-state index >= 15 is 0 Å². The fourth-order valence-electron chi connectivity index (χ4n) is 0. The number of rotatable bonds is 0. The molecule has 7 heavy (non-hydrogen) atoms. The molecule has 0 heterocycles. The Hall–Kier alpha value is 0.490. The summed E-state index contributed by atoms with van der Waals surface area (Å²) in [6, 6.07) is 0. The van der Waals surface area contributed by atoms with Gasteiger partial charge in [0.15, 0.2) is 0 Å². The van der Waals surface area contributed by atoms with Gasteiger partial charge in [0.05, 0.1) is 0 Å². The Morgan fingerprint density at radius 2 is 1.57 bits per heavy atom. The van der Waals surface area contributed by atoms with Gasteiger partial charge in [-0.05, 0) is 0 Å². The van der Waals surface area contributed by atoms with E-state index in [0.717, 1.165) is 0 Å². The first kappa shape index (κ1) is 7.49. The van der Waals surface area contributed by atoms with Crippen LogP contribution in [0.2, 0.25) is 0 Å². The summed E-state index contributed by atoms with van der Waals surface area (Å²) in [7, 11) is 0. The molecule has 0 fully saturated rings. The van der Waals surface area contributed by atoms with Crippen molar-refractivity contribution >= 4 is 0 Å². The minimum atomic E-state index is -4.40. The average Bonchev–Trinajstić information content (AvgIpc) is 1.31. The van der Waals surface area contributed by atoms with Crippen molar-refractivity contribution in [2.45, 2.75) is 10.5 Å². The molecule has 0 aromatic heterocycles. The van der Waals surface area contributed by atoms with Crippen LogP contribution in [0.3, 0.4) is 0 Å². The molecule has 0 aliphatic carbocycles. The van der Waals surface area contributed by atoms with E-state index in [1.807, 2.05) is 0 Å². The molecule has 1 N–H and O–H groups in total. The molecular formula is C2H2F3OTa. The topological polar surface area (TPSA) is 20.2 Å². The molecule has 1 unspecified atom stereocenters. The number of hydrogen-bond donors (Lipinski definition) is 1. The predicted octanol–water partition coefficient (Wildman–Crippen LogP) is 0.414. The van der Waals surface area contributed by atoms with E-state index in [2.05, 4.69) is 0 Å². The van der Waals surface area contributed by atoms with Gasteiger partial charge in [-0.3, -0.25) is 0 Å². The second-order valence-corrected chi connectivity index (χ2v) is 2.67. The second kappa shape index (κ2) is 2.17. The van der Waals surface area contributed by atoms with Crippen LogP contribution < -0.4 is 0 Å². The van der Waals surface area contributed by atoms with Gasteiger partial charge in [0.25, 0.3) is 0 Å². The van der Waals surface area contributed by atoms with E-state index in [9.17, 15) is 13.2 Å². The van der Waals surface area contributed by atoms with E-state index in [1.54, 1.807) is 0 Å². The third kappa shape index (κ3) is 3.11. The molecule has 0 rings (SSSR count). The molecule has 5 heteroatoms. The van der Waals surface area contributed by atoms with Crippen LogP contribution in [-0.2, 0) is 21.1 Å². The zero-order valence-corrected chi connectivity index (χ0v) is 6.32. The number of aliphatic hydroxyl groups is 1. The van der Waals surface area contributed by atoms with E-state index in [-0.39, 0.29) is 21.1 Å². The van der Waals surface area contributed by atoms with Crippen molar-refractivity contribution in [3.05, 3.63) is 0 Å². The molecule has 0 saturated carbocycles. The quantitative estimate of drug-likeness (QED) is 0.681. The van der Waals surface area contributed by atoms with Crippen molar-refractivity contribution in [1.29, 1.82) is 0 Å². The molecule has 0 bridgehead atoms. The second-order valence-electron chi connectivity index (χ2n) is 0.915. The fraction of sp³-hybridized carbons (Fsp3) is 1.00. The van der Waals surface area contributed by atoms with Crippen molar-refractivity contribution in [3.63, 3.8) is 0 Å². The molecule has 0 aliphatic rings. The average molecular weight is 280 g/mol. The summed E-state index contributed by atoms with van der Waals surface area (Å²) in [5, 5.41) is 7.81. The van der Waals surface area contributed by atoms with Crippen molar-refractivity contribution in [2.75, 3.05) is 0 Å². The molecule has 0 aromatic carbocycles. The molecule has 1 atom stereocenters. The van der Waals surface area contributed by atoms with E-state index < -0.39 is 10.5 Å². The maximum atomic E-state index is 11.0. The van der Waals surface area contributed by atoms with Crippen LogP contribution in [0.15, 0.2) is 0 Å². The summed E-state index contributed by atoms with van der Waals surface area (Å²) in [5.41, 5.74) is 0. The van der Waals surface area contributed by atoms with Gasteiger partial charge in [0.1, 0.15) is 0 Å². The zero-order valence-electron chi connectivity index (χ0n) is 3.11. The minimum absolute atomic E-state index is 0.0571. The summed E-state index contributed by atoms with van der Waals surface area (Å²) in [6.45, 7) is 0. The first-order chi connectivity index (χ1) is 2.94. The number of alkyl halides is 3. The molecule has 1 nitrogen and oxygen atoms in total. The summed E-state index contributed by atoms with van der Waals surface area (Å²) in [6.07, 6.45) is -4.40. The standard InChI is InChI=1S/C2H2F3O.Ta/c3-2(4,5)1-6;/h1,6H;. The van der Waals surface area contributed by atoms with Crippen molar-refractivity contribution in [3.8, 4) is 0 Å². The van der Waals surface area contributed by atoms with Gasteiger partial charge in [-0.1, -0.05) is 0 Å². The summed E-state index contributed by atoms with van der Waals surface area (Å²) in [4.78, 5) is 0. The van der Waals surface area contributed by atoms with E-state index in [0.29, 0.717) is 0 Å². The predicted molar refractivity (Wildman–Crippen MR) is 12.1 cm³/mol. The first-order valence-electron chi connectivity index (χ1n) is 1.37. The molecule has 0 spiro atoms. The van der Waals surface area contributed by atoms with Gasteiger partial charge < -0.3 is 0 Å². The summed E-state index contributed by atoms with van der Waals surface area (Å²) >= 11 is -0.0571. The van der Waals surface area contributed by atoms with Crippen LogP contribution in [0.1, 0.15) is 0 Å². The van der Waals surface area contributed by atoms with E-state index in [4.69, 9.17) is 5.11 Å². The zero-order chi connectivity index (χ0) is 6.08. The monoisotopic (exact) mass is 280 g/mol. The van der Waals surface area contributed by atoms with Gasteiger partial charge in [-0.25, -0.2) is 0 Å². The van der Waals surface area contributed by atoms with Gasteiger partial charge >= 0.3 is 49.8 Å². The SMILES string of the molecule is O[CH]([Ta])C(F)(F)F. The van der Waals surface area contributed by atoms with Gasteiger partial charge in [-0.15, -0.1) is 0 Å². The molecule has 0 amide bonds.